The Morgan fingerprint density at radius 3 is 2.77 bits per heavy atom. The van der Waals surface area contributed by atoms with E-state index < -0.39 is 10.0 Å². The van der Waals surface area contributed by atoms with E-state index in [0.717, 1.165) is 24.5 Å². The topological polar surface area (TPSA) is 84.2 Å². The molecule has 2 aromatic heterocycles. The van der Waals surface area contributed by atoms with Gasteiger partial charge in [-0.1, -0.05) is 11.3 Å². The highest BCUT2D eigenvalue weighted by molar-refractivity contribution is 7.89. The van der Waals surface area contributed by atoms with Crippen LogP contribution < -0.4 is 4.90 Å². The van der Waals surface area contributed by atoms with Crippen molar-refractivity contribution in [2.45, 2.75) is 30.0 Å². The number of sulfonamides is 1. The molecule has 2 aliphatic heterocycles. The van der Waals surface area contributed by atoms with E-state index in [1.54, 1.807) is 27.6 Å². The van der Waals surface area contributed by atoms with Crippen molar-refractivity contribution in [2.75, 3.05) is 18.0 Å². The maximum absolute atomic E-state index is 12.8. The molecule has 2 saturated heterocycles. The molecule has 2 aliphatic rings. The zero-order valence-electron chi connectivity index (χ0n) is 12.0. The number of hydrogen-bond acceptors (Lipinski definition) is 7. The highest BCUT2D eigenvalue weighted by atomic mass is 32.2. The number of rotatable bonds is 3. The molecule has 4 rings (SSSR count). The molecule has 0 spiro atoms. The second kappa shape index (κ2) is 5.00. The Kier molecular flexibility index (Phi) is 3.20. The maximum atomic E-state index is 12.8. The van der Waals surface area contributed by atoms with Crippen LogP contribution in [0, 0.1) is 0 Å². The van der Waals surface area contributed by atoms with Crippen LogP contribution in [0.15, 0.2) is 23.1 Å². The number of hydrogen-bond donors (Lipinski definition) is 0. The molecular formula is C12H16N6O2S2. The maximum Gasteiger partial charge on any atom is 0.262 e. The Bertz CT molecular complexity index is 771. The second-order valence-electron chi connectivity index (χ2n) is 5.62. The first-order valence-electron chi connectivity index (χ1n) is 7.10. The fourth-order valence-electron chi connectivity index (χ4n) is 3.42. The lowest BCUT2D eigenvalue weighted by molar-refractivity contribution is 0.386. The van der Waals surface area contributed by atoms with Crippen molar-refractivity contribution in [3.05, 3.63) is 18.0 Å². The van der Waals surface area contributed by atoms with Gasteiger partial charge in [0.05, 0.1) is 6.33 Å². The summed E-state index contributed by atoms with van der Waals surface area (Å²) >= 11 is 1.50. The minimum absolute atomic E-state index is 0.00379. The number of aryl methyl sites for hydroxylation is 1. The molecule has 0 saturated carbocycles. The molecule has 0 unspecified atom stereocenters. The molecule has 0 N–H and O–H groups in total. The van der Waals surface area contributed by atoms with Crippen molar-refractivity contribution in [3.8, 4) is 0 Å². The van der Waals surface area contributed by atoms with Crippen LogP contribution in [-0.2, 0) is 17.1 Å². The first-order valence-corrected chi connectivity index (χ1v) is 9.42. The van der Waals surface area contributed by atoms with Crippen molar-refractivity contribution in [1.82, 2.24) is 24.1 Å². The van der Waals surface area contributed by atoms with E-state index in [1.165, 1.54) is 17.7 Å². The van der Waals surface area contributed by atoms with Gasteiger partial charge in [-0.2, -0.15) is 4.31 Å². The van der Waals surface area contributed by atoms with Crippen molar-refractivity contribution in [2.24, 2.45) is 7.05 Å². The average molecular weight is 340 g/mol. The van der Waals surface area contributed by atoms with Crippen LogP contribution in [0.1, 0.15) is 12.8 Å². The Labute approximate surface area is 132 Å². The molecule has 0 radical (unpaired) electrons. The van der Waals surface area contributed by atoms with Crippen molar-refractivity contribution < 1.29 is 8.42 Å². The monoisotopic (exact) mass is 340 g/mol. The molecule has 4 heterocycles. The molecule has 0 aromatic carbocycles. The second-order valence-corrected chi connectivity index (χ2v) is 8.27. The summed E-state index contributed by atoms with van der Waals surface area (Å²) in [5.41, 5.74) is 1.71. The predicted octanol–water partition coefficient (Wildman–Crippen LogP) is 0.313. The van der Waals surface area contributed by atoms with Crippen LogP contribution in [0.4, 0.5) is 5.13 Å². The van der Waals surface area contributed by atoms with Gasteiger partial charge in [0.1, 0.15) is 5.51 Å². The molecule has 2 atom stereocenters. The number of imidazole rings is 1. The molecule has 2 fully saturated rings. The van der Waals surface area contributed by atoms with Crippen LogP contribution in [0.25, 0.3) is 0 Å². The average Bonchev–Trinajstić information content (AvgIpc) is 3.22. The highest BCUT2D eigenvalue weighted by Crippen LogP contribution is 2.37. The minimum atomic E-state index is -3.52. The first-order chi connectivity index (χ1) is 10.6. The van der Waals surface area contributed by atoms with Crippen molar-refractivity contribution >= 4 is 26.5 Å². The Hall–Kier alpha value is -1.52. The smallest absolute Gasteiger partial charge is 0.262 e. The van der Waals surface area contributed by atoms with E-state index in [0.29, 0.717) is 6.54 Å². The summed E-state index contributed by atoms with van der Waals surface area (Å²) in [6.45, 7) is 1.35. The third kappa shape index (κ3) is 2.05. The van der Waals surface area contributed by atoms with Gasteiger partial charge in [-0.15, -0.1) is 10.2 Å². The van der Waals surface area contributed by atoms with Crippen LogP contribution >= 0.6 is 11.3 Å². The summed E-state index contributed by atoms with van der Waals surface area (Å²) in [7, 11) is -1.75. The van der Waals surface area contributed by atoms with E-state index in [9.17, 15) is 8.42 Å². The molecule has 0 bridgehead atoms. The van der Waals surface area contributed by atoms with Gasteiger partial charge in [0.15, 0.2) is 5.03 Å². The van der Waals surface area contributed by atoms with E-state index in [4.69, 9.17) is 0 Å². The fourth-order valence-corrected chi connectivity index (χ4v) is 5.73. The van der Waals surface area contributed by atoms with E-state index >= 15 is 0 Å². The minimum Gasteiger partial charge on any atom is -0.342 e. The first kappa shape index (κ1) is 14.1. The van der Waals surface area contributed by atoms with Crippen LogP contribution in [0.2, 0.25) is 0 Å². The lowest BCUT2D eigenvalue weighted by Crippen LogP contribution is -2.39. The zero-order valence-corrected chi connectivity index (χ0v) is 13.7. The molecule has 22 heavy (non-hydrogen) atoms. The van der Waals surface area contributed by atoms with Gasteiger partial charge in [0, 0.05) is 38.4 Å². The normalized spacial score (nSPS) is 25.8. The third-order valence-corrected chi connectivity index (χ3v) is 6.91. The molecule has 2 aromatic rings. The van der Waals surface area contributed by atoms with Gasteiger partial charge in [-0.05, 0) is 12.8 Å². The van der Waals surface area contributed by atoms with Crippen molar-refractivity contribution in [3.63, 3.8) is 0 Å². The van der Waals surface area contributed by atoms with E-state index in [-0.39, 0.29) is 17.1 Å². The zero-order chi connectivity index (χ0) is 15.3. The van der Waals surface area contributed by atoms with E-state index in [2.05, 4.69) is 20.1 Å². The summed E-state index contributed by atoms with van der Waals surface area (Å²) in [5.74, 6) is 0. The Balaban J connectivity index is 1.61. The summed E-state index contributed by atoms with van der Waals surface area (Å²) in [6, 6.07) is 0.183. The predicted molar refractivity (Wildman–Crippen MR) is 81.2 cm³/mol. The number of nitrogens with zero attached hydrogens (tertiary/aromatic N) is 6. The van der Waals surface area contributed by atoms with Gasteiger partial charge in [-0.25, -0.2) is 13.4 Å². The van der Waals surface area contributed by atoms with Crippen molar-refractivity contribution in [1.29, 1.82) is 0 Å². The molecule has 0 aliphatic carbocycles. The molecule has 8 nitrogen and oxygen atoms in total. The molecular weight excluding hydrogens is 324 g/mol. The van der Waals surface area contributed by atoms with Gasteiger partial charge >= 0.3 is 0 Å². The van der Waals surface area contributed by atoms with Crippen LogP contribution in [0.3, 0.4) is 0 Å². The Morgan fingerprint density at radius 2 is 2.09 bits per heavy atom. The lowest BCUT2D eigenvalue weighted by Gasteiger charge is -2.24. The highest BCUT2D eigenvalue weighted by Gasteiger charge is 2.48. The summed E-state index contributed by atoms with van der Waals surface area (Å²) in [5, 5.41) is 9.01. The third-order valence-electron chi connectivity index (χ3n) is 4.37. The van der Waals surface area contributed by atoms with Gasteiger partial charge in [-0.3, -0.25) is 0 Å². The fraction of sp³-hybridized carbons (Fsp3) is 0.583. The summed E-state index contributed by atoms with van der Waals surface area (Å²) in [4.78, 5) is 6.21. The van der Waals surface area contributed by atoms with Crippen LogP contribution in [0.5, 0.6) is 0 Å². The largest absolute Gasteiger partial charge is 0.342 e. The van der Waals surface area contributed by atoms with E-state index in [1.807, 2.05) is 0 Å². The quantitative estimate of drug-likeness (QED) is 0.800. The van der Waals surface area contributed by atoms with Crippen LogP contribution in [-0.4, -0.2) is 57.6 Å². The number of aromatic nitrogens is 4. The lowest BCUT2D eigenvalue weighted by atomic mass is 10.1. The number of anilines is 1. The molecule has 118 valence electrons. The Morgan fingerprint density at radius 1 is 1.27 bits per heavy atom. The SMILES string of the molecule is Cn1cnc(S(=O)(=O)N2CC[C@@H]3[C@@H]2CCN3c2nncs2)c1. The van der Waals surface area contributed by atoms with Gasteiger partial charge in [0.25, 0.3) is 10.0 Å². The molecule has 10 heteroatoms. The number of fused-ring (bicyclic) bond motifs is 1. The molecule has 0 amide bonds. The summed E-state index contributed by atoms with van der Waals surface area (Å²) in [6.07, 6.45) is 4.70. The summed E-state index contributed by atoms with van der Waals surface area (Å²) < 4.78 is 28.8. The van der Waals surface area contributed by atoms with Gasteiger partial charge in [0.2, 0.25) is 5.13 Å². The van der Waals surface area contributed by atoms with Gasteiger partial charge < -0.3 is 9.47 Å². The standard InChI is InChI=1S/C12H16N6O2S2/c1-16-6-11(13-7-16)22(19,20)18-5-3-9-10(18)2-4-17(9)12-15-14-8-21-12/h6-10H,2-5H2,1H3/t9-,10+/m1/s1.